The molecule has 2 rings (SSSR count). The largest absolute Gasteiger partial charge is 0.399 e. The second-order valence-electron chi connectivity index (χ2n) is 4.32. The smallest absolute Gasteiger partial charge is 0.182 e. The lowest BCUT2D eigenvalue weighted by molar-refractivity contribution is 0.595. The van der Waals surface area contributed by atoms with Crippen LogP contribution in [0.5, 0.6) is 0 Å². The van der Waals surface area contributed by atoms with Crippen LogP contribution in [-0.4, -0.2) is 8.42 Å². The molecule has 94 valence electrons. The molecule has 0 unspecified atom stereocenters. The van der Waals surface area contributed by atoms with Gasteiger partial charge in [-0.15, -0.1) is 0 Å². The van der Waals surface area contributed by atoms with Gasteiger partial charge in [-0.3, -0.25) is 0 Å². The van der Waals surface area contributed by atoms with Crippen LogP contribution < -0.4 is 5.73 Å². The van der Waals surface area contributed by atoms with Crippen molar-refractivity contribution in [2.45, 2.75) is 17.6 Å². The van der Waals surface area contributed by atoms with Crippen molar-refractivity contribution in [3.8, 4) is 0 Å². The van der Waals surface area contributed by atoms with Gasteiger partial charge in [-0.05, 0) is 42.3 Å². The highest BCUT2D eigenvalue weighted by Gasteiger charge is 2.15. The third kappa shape index (κ3) is 2.90. The molecule has 0 heterocycles. The summed E-state index contributed by atoms with van der Waals surface area (Å²) >= 11 is 0. The van der Waals surface area contributed by atoms with E-state index in [1.54, 1.807) is 42.5 Å². The SMILES string of the molecule is Cc1cccc(S(=O)(=O)Cc2ccc(N)cc2)c1. The lowest BCUT2D eigenvalue weighted by Crippen LogP contribution is -2.05. The standard InChI is InChI=1S/C14H15NO2S/c1-11-3-2-4-14(9-11)18(16,17)10-12-5-7-13(15)8-6-12/h2-9H,10,15H2,1H3. The summed E-state index contributed by atoms with van der Waals surface area (Å²) in [6.07, 6.45) is 0. The van der Waals surface area contributed by atoms with Gasteiger partial charge in [0, 0.05) is 5.69 Å². The van der Waals surface area contributed by atoms with Gasteiger partial charge in [-0.2, -0.15) is 0 Å². The van der Waals surface area contributed by atoms with Crippen LogP contribution in [0.15, 0.2) is 53.4 Å². The van der Waals surface area contributed by atoms with Gasteiger partial charge in [-0.1, -0.05) is 24.3 Å². The van der Waals surface area contributed by atoms with Gasteiger partial charge in [0.2, 0.25) is 0 Å². The Morgan fingerprint density at radius 2 is 1.72 bits per heavy atom. The molecule has 0 saturated heterocycles. The molecule has 2 aromatic rings. The molecule has 2 N–H and O–H groups in total. The maximum atomic E-state index is 12.2. The Balaban J connectivity index is 2.30. The van der Waals surface area contributed by atoms with E-state index in [4.69, 9.17) is 5.73 Å². The predicted molar refractivity (Wildman–Crippen MR) is 72.9 cm³/mol. The second kappa shape index (κ2) is 4.82. The Kier molecular flexibility index (Phi) is 3.39. The van der Waals surface area contributed by atoms with Crippen LogP contribution in [-0.2, 0) is 15.6 Å². The van der Waals surface area contributed by atoms with Crippen molar-refractivity contribution >= 4 is 15.5 Å². The molecule has 0 atom stereocenters. The van der Waals surface area contributed by atoms with E-state index < -0.39 is 9.84 Å². The topological polar surface area (TPSA) is 60.2 Å². The highest BCUT2D eigenvalue weighted by molar-refractivity contribution is 7.90. The van der Waals surface area contributed by atoms with Crippen molar-refractivity contribution in [3.63, 3.8) is 0 Å². The van der Waals surface area contributed by atoms with Gasteiger partial charge in [0.15, 0.2) is 9.84 Å². The van der Waals surface area contributed by atoms with E-state index in [9.17, 15) is 8.42 Å². The van der Waals surface area contributed by atoms with Crippen LogP contribution in [0, 0.1) is 6.92 Å². The van der Waals surface area contributed by atoms with Gasteiger partial charge < -0.3 is 5.73 Å². The molecule has 0 bridgehead atoms. The number of nitrogens with two attached hydrogens (primary N) is 1. The maximum absolute atomic E-state index is 12.2. The molecule has 0 aliphatic carbocycles. The first kappa shape index (κ1) is 12.6. The van der Waals surface area contributed by atoms with Crippen molar-refractivity contribution in [1.29, 1.82) is 0 Å². The van der Waals surface area contributed by atoms with Crippen LogP contribution in [0.25, 0.3) is 0 Å². The zero-order valence-electron chi connectivity index (χ0n) is 10.1. The summed E-state index contributed by atoms with van der Waals surface area (Å²) < 4.78 is 24.4. The van der Waals surface area contributed by atoms with Crippen LogP contribution in [0.1, 0.15) is 11.1 Å². The zero-order valence-corrected chi connectivity index (χ0v) is 10.9. The number of rotatable bonds is 3. The Morgan fingerprint density at radius 3 is 2.33 bits per heavy atom. The minimum Gasteiger partial charge on any atom is -0.399 e. The molecule has 0 aliphatic heterocycles. The number of nitrogen functional groups attached to an aromatic ring is 1. The highest BCUT2D eigenvalue weighted by atomic mass is 32.2. The van der Waals surface area contributed by atoms with E-state index in [0.29, 0.717) is 10.6 Å². The summed E-state index contributed by atoms with van der Waals surface area (Å²) in [4.78, 5) is 0.360. The molecule has 0 spiro atoms. The van der Waals surface area contributed by atoms with Gasteiger partial charge >= 0.3 is 0 Å². The lowest BCUT2D eigenvalue weighted by atomic mass is 10.2. The summed E-state index contributed by atoms with van der Waals surface area (Å²) in [5.41, 5.74) is 7.88. The van der Waals surface area contributed by atoms with Crippen LogP contribution in [0.2, 0.25) is 0 Å². The number of aryl methyl sites for hydroxylation is 1. The van der Waals surface area contributed by atoms with E-state index in [-0.39, 0.29) is 5.75 Å². The normalized spacial score (nSPS) is 11.4. The molecular formula is C14H15NO2S. The van der Waals surface area contributed by atoms with Crippen molar-refractivity contribution in [1.82, 2.24) is 0 Å². The number of hydrogen-bond acceptors (Lipinski definition) is 3. The monoisotopic (exact) mass is 261 g/mol. The number of anilines is 1. The fourth-order valence-corrected chi connectivity index (χ4v) is 3.17. The Bertz CT molecular complexity index is 646. The predicted octanol–water partition coefficient (Wildman–Crippen LogP) is 2.55. The van der Waals surface area contributed by atoms with Gasteiger partial charge in [-0.25, -0.2) is 8.42 Å². The fourth-order valence-electron chi connectivity index (χ4n) is 1.73. The molecule has 0 saturated carbocycles. The first-order valence-electron chi connectivity index (χ1n) is 5.61. The van der Waals surface area contributed by atoms with Crippen molar-refractivity contribution in [2.75, 3.05) is 5.73 Å². The quantitative estimate of drug-likeness (QED) is 0.864. The van der Waals surface area contributed by atoms with Crippen LogP contribution in [0.3, 0.4) is 0 Å². The van der Waals surface area contributed by atoms with E-state index in [1.807, 2.05) is 13.0 Å². The molecule has 0 aliphatic rings. The van der Waals surface area contributed by atoms with Crippen molar-refractivity contribution in [3.05, 3.63) is 59.7 Å². The molecule has 18 heavy (non-hydrogen) atoms. The molecule has 0 radical (unpaired) electrons. The third-order valence-corrected chi connectivity index (χ3v) is 4.37. The Morgan fingerprint density at radius 1 is 1.06 bits per heavy atom. The Hall–Kier alpha value is -1.81. The van der Waals surface area contributed by atoms with Crippen LogP contribution in [0.4, 0.5) is 5.69 Å². The average molecular weight is 261 g/mol. The molecule has 3 nitrogen and oxygen atoms in total. The molecular weight excluding hydrogens is 246 g/mol. The summed E-state index contributed by atoms with van der Waals surface area (Å²) in [6, 6.07) is 13.8. The lowest BCUT2D eigenvalue weighted by Gasteiger charge is -2.06. The first-order valence-corrected chi connectivity index (χ1v) is 7.26. The maximum Gasteiger partial charge on any atom is 0.182 e. The van der Waals surface area contributed by atoms with Gasteiger partial charge in [0.1, 0.15) is 0 Å². The summed E-state index contributed by atoms with van der Waals surface area (Å²) in [5.74, 6) is -0.00324. The van der Waals surface area contributed by atoms with Crippen LogP contribution >= 0.6 is 0 Å². The average Bonchev–Trinajstić information content (AvgIpc) is 2.32. The number of hydrogen-bond donors (Lipinski definition) is 1. The van der Waals surface area contributed by atoms with E-state index in [0.717, 1.165) is 11.1 Å². The first-order chi connectivity index (χ1) is 8.47. The molecule has 0 aromatic heterocycles. The number of sulfone groups is 1. The third-order valence-electron chi connectivity index (χ3n) is 2.69. The summed E-state index contributed by atoms with van der Waals surface area (Å²) in [6.45, 7) is 1.88. The molecule has 4 heteroatoms. The molecule has 0 amide bonds. The van der Waals surface area contributed by atoms with E-state index >= 15 is 0 Å². The van der Waals surface area contributed by atoms with Crippen molar-refractivity contribution < 1.29 is 8.42 Å². The summed E-state index contributed by atoms with van der Waals surface area (Å²) in [7, 11) is -3.29. The van der Waals surface area contributed by atoms with Gasteiger partial charge in [0.05, 0.1) is 10.6 Å². The van der Waals surface area contributed by atoms with Crippen molar-refractivity contribution in [2.24, 2.45) is 0 Å². The Labute approximate surface area is 107 Å². The summed E-state index contributed by atoms with van der Waals surface area (Å²) in [5, 5.41) is 0. The zero-order chi connectivity index (χ0) is 13.2. The minimum absolute atomic E-state index is 0.00324. The molecule has 2 aromatic carbocycles. The number of benzene rings is 2. The minimum atomic E-state index is -3.29. The second-order valence-corrected chi connectivity index (χ2v) is 6.31. The van der Waals surface area contributed by atoms with E-state index in [1.165, 1.54) is 0 Å². The van der Waals surface area contributed by atoms with E-state index in [2.05, 4.69) is 0 Å². The molecule has 0 fully saturated rings. The fraction of sp³-hybridized carbons (Fsp3) is 0.143. The highest BCUT2D eigenvalue weighted by Crippen LogP contribution is 2.18. The van der Waals surface area contributed by atoms with Gasteiger partial charge in [0.25, 0.3) is 0 Å².